The van der Waals surface area contributed by atoms with Gasteiger partial charge in [-0.15, -0.1) is 0 Å². The SMILES string of the molecule is CCCC(=O)N1CCC[C@@H](C(=O)N2CCCC2)C1. The van der Waals surface area contributed by atoms with Crippen LogP contribution in [0.5, 0.6) is 0 Å². The van der Waals surface area contributed by atoms with E-state index < -0.39 is 0 Å². The summed E-state index contributed by atoms with van der Waals surface area (Å²) in [5.41, 5.74) is 0. The lowest BCUT2D eigenvalue weighted by molar-refractivity contribution is -0.140. The molecule has 0 N–H and O–H groups in total. The highest BCUT2D eigenvalue weighted by Gasteiger charge is 2.31. The van der Waals surface area contributed by atoms with Crippen molar-refractivity contribution in [3.8, 4) is 0 Å². The molecule has 2 fully saturated rings. The molecule has 0 aromatic heterocycles. The first-order chi connectivity index (χ1) is 8.72. The van der Waals surface area contributed by atoms with Gasteiger partial charge >= 0.3 is 0 Å². The lowest BCUT2D eigenvalue weighted by atomic mass is 9.96. The molecule has 4 nitrogen and oxygen atoms in total. The third kappa shape index (κ3) is 3.03. The predicted molar refractivity (Wildman–Crippen MR) is 70.0 cm³/mol. The van der Waals surface area contributed by atoms with Gasteiger partial charge in [-0.25, -0.2) is 0 Å². The number of likely N-dealkylation sites (tertiary alicyclic amines) is 2. The first kappa shape index (κ1) is 13.4. The molecule has 102 valence electrons. The second-order valence-electron chi connectivity index (χ2n) is 5.46. The third-order valence-electron chi connectivity index (χ3n) is 4.00. The maximum atomic E-state index is 12.3. The van der Waals surface area contributed by atoms with E-state index in [4.69, 9.17) is 0 Å². The highest BCUT2D eigenvalue weighted by molar-refractivity contribution is 5.81. The molecule has 0 spiro atoms. The first-order valence-corrected chi connectivity index (χ1v) is 7.29. The summed E-state index contributed by atoms with van der Waals surface area (Å²) in [6, 6.07) is 0. The van der Waals surface area contributed by atoms with E-state index in [1.165, 1.54) is 0 Å². The van der Waals surface area contributed by atoms with E-state index in [9.17, 15) is 9.59 Å². The summed E-state index contributed by atoms with van der Waals surface area (Å²) in [4.78, 5) is 28.1. The second-order valence-corrected chi connectivity index (χ2v) is 5.46. The molecule has 2 saturated heterocycles. The predicted octanol–water partition coefficient (Wildman–Crippen LogP) is 1.65. The van der Waals surface area contributed by atoms with Crippen LogP contribution in [0.2, 0.25) is 0 Å². The van der Waals surface area contributed by atoms with Crippen molar-refractivity contribution in [1.29, 1.82) is 0 Å². The van der Waals surface area contributed by atoms with E-state index in [-0.39, 0.29) is 17.7 Å². The van der Waals surface area contributed by atoms with Crippen LogP contribution >= 0.6 is 0 Å². The van der Waals surface area contributed by atoms with Gasteiger partial charge in [-0.05, 0) is 32.1 Å². The fraction of sp³-hybridized carbons (Fsp3) is 0.857. The molecule has 2 aliphatic heterocycles. The normalized spacial score (nSPS) is 24.4. The zero-order chi connectivity index (χ0) is 13.0. The Morgan fingerprint density at radius 2 is 1.72 bits per heavy atom. The average Bonchev–Trinajstić information content (AvgIpc) is 2.92. The molecule has 2 rings (SSSR count). The van der Waals surface area contributed by atoms with Crippen molar-refractivity contribution in [3.63, 3.8) is 0 Å². The summed E-state index contributed by atoms with van der Waals surface area (Å²) >= 11 is 0. The zero-order valence-corrected chi connectivity index (χ0v) is 11.4. The number of carbonyl (C=O) groups is 2. The summed E-state index contributed by atoms with van der Waals surface area (Å²) in [6.07, 6.45) is 5.70. The van der Waals surface area contributed by atoms with Gasteiger partial charge in [0.05, 0.1) is 5.92 Å². The standard InChI is InChI=1S/C14H24N2O2/c1-2-6-13(17)16-10-5-7-12(11-16)14(18)15-8-3-4-9-15/h12H,2-11H2,1H3/t12-/m1/s1. The number of carbonyl (C=O) groups excluding carboxylic acids is 2. The Morgan fingerprint density at radius 1 is 1.06 bits per heavy atom. The molecule has 18 heavy (non-hydrogen) atoms. The van der Waals surface area contributed by atoms with Crippen LogP contribution in [0.25, 0.3) is 0 Å². The van der Waals surface area contributed by atoms with Gasteiger partial charge in [0.2, 0.25) is 11.8 Å². The molecule has 1 atom stereocenters. The Labute approximate surface area is 109 Å². The molecular weight excluding hydrogens is 228 g/mol. The quantitative estimate of drug-likeness (QED) is 0.766. The third-order valence-corrected chi connectivity index (χ3v) is 4.00. The molecule has 0 unspecified atom stereocenters. The lowest BCUT2D eigenvalue weighted by Crippen LogP contribution is -2.46. The van der Waals surface area contributed by atoms with Gasteiger partial charge in [-0.3, -0.25) is 9.59 Å². The Morgan fingerprint density at radius 3 is 2.39 bits per heavy atom. The minimum absolute atomic E-state index is 0.0534. The number of hydrogen-bond acceptors (Lipinski definition) is 2. The molecule has 2 aliphatic rings. The van der Waals surface area contributed by atoms with E-state index >= 15 is 0 Å². The van der Waals surface area contributed by atoms with Crippen LogP contribution in [0.1, 0.15) is 45.4 Å². The topological polar surface area (TPSA) is 40.6 Å². The Balaban J connectivity index is 1.89. The molecule has 0 aromatic carbocycles. The van der Waals surface area contributed by atoms with E-state index in [2.05, 4.69) is 0 Å². The van der Waals surface area contributed by atoms with E-state index in [1.54, 1.807) is 0 Å². The summed E-state index contributed by atoms with van der Waals surface area (Å²) in [5.74, 6) is 0.551. The zero-order valence-electron chi connectivity index (χ0n) is 11.4. The molecule has 0 aliphatic carbocycles. The molecule has 0 aromatic rings. The first-order valence-electron chi connectivity index (χ1n) is 7.29. The smallest absolute Gasteiger partial charge is 0.227 e. The van der Waals surface area contributed by atoms with E-state index in [1.807, 2.05) is 16.7 Å². The maximum Gasteiger partial charge on any atom is 0.227 e. The molecular formula is C14H24N2O2. The highest BCUT2D eigenvalue weighted by atomic mass is 16.2. The second kappa shape index (κ2) is 6.21. The summed E-state index contributed by atoms with van der Waals surface area (Å²) in [6.45, 7) is 5.34. The van der Waals surface area contributed by atoms with E-state index in [0.717, 1.165) is 51.7 Å². The Kier molecular flexibility index (Phi) is 4.61. The van der Waals surface area contributed by atoms with Gasteiger partial charge in [0.1, 0.15) is 0 Å². The molecule has 4 heteroatoms. The maximum absolute atomic E-state index is 12.3. The van der Waals surface area contributed by atoms with Crippen LogP contribution in [-0.4, -0.2) is 47.8 Å². The van der Waals surface area contributed by atoms with Crippen LogP contribution in [0.3, 0.4) is 0 Å². The van der Waals surface area contributed by atoms with Gasteiger partial charge in [0, 0.05) is 32.6 Å². The number of amides is 2. The van der Waals surface area contributed by atoms with E-state index in [0.29, 0.717) is 13.0 Å². The summed E-state index contributed by atoms with van der Waals surface area (Å²) in [7, 11) is 0. The minimum Gasteiger partial charge on any atom is -0.342 e. The Hall–Kier alpha value is -1.06. The highest BCUT2D eigenvalue weighted by Crippen LogP contribution is 2.21. The van der Waals surface area contributed by atoms with Gasteiger partial charge in [0.25, 0.3) is 0 Å². The van der Waals surface area contributed by atoms with Crippen molar-refractivity contribution in [1.82, 2.24) is 9.80 Å². The number of hydrogen-bond donors (Lipinski definition) is 0. The molecule has 0 radical (unpaired) electrons. The summed E-state index contributed by atoms with van der Waals surface area (Å²) < 4.78 is 0. The van der Waals surface area contributed by atoms with Crippen LogP contribution in [0.15, 0.2) is 0 Å². The van der Waals surface area contributed by atoms with Crippen molar-refractivity contribution in [2.24, 2.45) is 5.92 Å². The van der Waals surface area contributed by atoms with Crippen molar-refractivity contribution < 1.29 is 9.59 Å². The van der Waals surface area contributed by atoms with Gasteiger partial charge in [0.15, 0.2) is 0 Å². The van der Waals surface area contributed by atoms with Crippen molar-refractivity contribution in [2.75, 3.05) is 26.2 Å². The monoisotopic (exact) mass is 252 g/mol. The molecule has 2 heterocycles. The van der Waals surface area contributed by atoms with Crippen molar-refractivity contribution >= 4 is 11.8 Å². The van der Waals surface area contributed by atoms with Gasteiger partial charge in [-0.2, -0.15) is 0 Å². The molecule has 2 amide bonds. The number of piperidine rings is 1. The van der Waals surface area contributed by atoms with Crippen LogP contribution < -0.4 is 0 Å². The van der Waals surface area contributed by atoms with Crippen LogP contribution in [0.4, 0.5) is 0 Å². The fourth-order valence-electron chi connectivity index (χ4n) is 2.97. The van der Waals surface area contributed by atoms with Gasteiger partial charge < -0.3 is 9.80 Å². The minimum atomic E-state index is 0.0534. The number of rotatable bonds is 3. The van der Waals surface area contributed by atoms with Crippen LogP contribution in [0, 0.1) is 5.92 Å². The summed E-state index contributed by atoms with van der Waals surface area (Å²) in [5, 5.41) is 0. The van der Waals surface area contributed by atoms with Crippen LogP contribution in [-0.2, 0) is 9.59 Å². The fourth-order valence-corrected chi connectivity index (χ4v) is 2.97. The largest absolute Gasteiger partial charge is 0.342 e. The van der Waals surface area contributed by atoms with Gasteiger partial charge in [-0.1, -0.05) is 6.92 Å². The lowest BCUT2D eigenvalue weighted by Gasteiger charge is -2.34. The average molecular weight is 252 g/mol. The van der Waals surface area contributed by atoms with Crippen molar-refractivity contribution in [2.45, 2.75) is 45.4 Å². The molecule has 0 saturated carbocycles. The Bertz CT molecular complexity index is 311. The van der Waals surface area contributed by atoms with Crippen molar-refractivity contribution in [3.05, 3.63) is 0 Å². The number of nitrogens with zero attached hydrogens (tertiary/aromatic N) is 2. The molecule has 0 bridgehead atoms.